The molecule has 0 saturated carbocycles. The summed E-state index contributed by atoms with van der Waals surface area (Å²) in [6.07, 6.45) is 8.68. The predicted octanol–water partition coefficient (Wildman–Crippen LogP) is 4.71. The fourth-order valence-corrected chi connectivity index (χ4v) is 2.73. The molecule has 0 saturated heterocycles. The molecule has 0 radical (unpaired) electrons. The fraction of sp³-hybridized carbons (Fsp3) is 0.467. The molecule has 0 amide bonds. The molecule has 1 aromatic rings. The Hall–Kier alpha value is -0.790. The Bertz CT molecular complexity index is 421. The third-order valence-electron chi connectivity index (χ3n) is 3.40. The summed E-state index contributed by atoms with van der Waals surface area (Å²) in [6.45, 7) is 1.96. The van der Waals surface area contributed by atoms with Gasteiger partial charge in [0.25, 0.3) is 0 Å². The SMILES string of the molecule is CC(N)c1ccc(C2=CCCCCC2)cc1Cl. The molecule has 2 heteroatoms. The zero-order valence-corrected chi connectivity index (χ0v) is 11.1. The van der Waals surface area contributed by atoms with Gasteiger partial charge in [-0.2, -0.15) is 0 Å². The summed E-state index contributed by atoms with van der Waals surface area (Å²) in [7, 11) is 0. The minimum atomic E-state index is -0.000312. The van der Waals surface area contributed by atoms with E-state index in [1.807, 2.05) is 6.92 Å². The van der Waals surface area contributed by atoms with Gasteiger partial charge in [0.15, 0.2) is 0 Å². The second-order valence-electron chi connectivity index (χ2n) is 4.85. The highest BCUT2D eigenvalue weighted by atomic mass is 35.5. The molecule has 0 aromatic heterocycles. The van der Waals surface area contributed by atoms with Crippen molar-refractivity contribution in [1.82, 2.24) is 0 Å². The molecular weight excluding hydrogens is 230 g/mol. The van der Waals surface area contributed by atoms with Crippen LogP contribution in [0.2, 0.25) is 5.02 Å². The molecule has 0 aliphatic heterocycles. The molecule has 1 aromatic carbocycles. The van der Waals surface area contributed by atoms with Crippen LogP contribution in [0.15, 0.2) is 24.3 Å². The van der Waals surface area contributed by atoms with Gasteiger partial charge in [0.2, 0.25) is 0 Å². The average Bonchev–Trinajstić information content (AvgIpc) is 2.56. The molecule has 1 unspecified atom stereocenters. The Kier molecular flexibility index (Phi) is 4.25. The predicted molar refractivity (Wildman–Crippen MR) is 75.1 cm³/mol. The molecule has 0 bridgehead atoms. The molecular formula is C15H20ClN. The van der Waals surface area contributed by atoms with E-state index in [4.69, 9.17) is 17.3 Å². The van der Waals surface area contributed by atoms with Crippen molar-refractivity contribution in [2.75, 3.05) is 0 Å². The summed E-state index contributed by atoms with van der Waals surface area (Å²) in [5.41, 5.74) is 9.61. The zero-order chi connectivity index (χ0) is 12.3. The standard InChI is InChI=1S/C15H20ClN/c1-11(17)14-9-8-13(10-15(14)16)12-6-4-2-3-5-7-12/h6,8-11H,2-5,7,17H2,1H3. The van der Waals surface area contributed by atoms with Gasteiger partial charge in [-0.25, -0.2) is 0 Å². The highest BCUT2D eigenvalue weighted by molar-refractivity contribution is 6.31. The molecule has 92 valence electrons. The van der Waals surface area contributed by atoms with Crippen molar-refractivity contribution in [3.05, 3.63) is 40.4 Å². The van der Waals surface area contributed by atoms with Crippen LogP contribution in [-0.2, 0) is 0 Å². The van der Waals surface area contributed by atoms with Gasteiger partial charge in [-0.05, 0) is 55.4 Å². The highest BCUT2D eigenvalue weighted by Crippen LogP contribution is 2.30. The Morgan fingerprint density at radius 1 is 1.24 bits per heavy atom. The lowest BCUT2D eigenvalue weighted by atomic mass is 9.98. The fourth-order valence-electron chi connectivity index (χ4n) is 2.37. The summed E-state index contributed by atoms with van der Waals surface area (Å²) < 4.78 is 0. The van der Waals surface area contributed by atoms with Gasteiger partial charge < -0.3 is 5.73 Å². The first kappa shape index (κ1) is 12.7. The molecule has 17 heavy (non-hydrogen) atoms. The number of benzene rings is 1. The van der Waals surface area contributed by atoms with E-state index in [0.29, 0.717) is 0 Å². The topological polar surface area (TPSA) is 26.0 Å². The number of rotatable bonds is 2. The molecule has 2 rings (SSSR count). The zero-order valence-electron chi connectivity index (χ0n) is 10.4. The minimum absolute atomic E-state index is 0.000312. The quantitative estimate of drug-likeness (QED) is 0.807. The largest absolute Gasteiger partial charge is 0.324 e. The van der Waals surface area contributed by atoms with Crippen molar-refractivity contribution in [3.63, 3.8) is 0 Å². The van der Waals surface area contributed by atoms with Crippen LogP contribution in [0.25, 0.3) is 5.57 Å². The molecule has 0 spiro atoms. The lowest BCUT2D eigenvalue weighted by Gasteiger charge is -2.11. The van der Waals surface area contributed by atoms with Gasteiger partial charge in [0.05, 0.1) is 0 Å². The van der Waals surface area contributed by atoms with Crippen molar-refractivity contribution in [1.29, 1.82) is 0 Å². The monoisotopic (exact) mass is 249 g/mol. The first-order chi connectivity index (χ1) is 8.18. The van der Waals surface area contributed by atoms with E-state index in [1.54, 1.807) is 0 Å². The van der Waals surface area contributed by atoms with Gasteiger partial charge in [0, 0.05) is 11.1 Å². The third-order valence-corrected chi connectivity index (χ3v) is 3.73. The van der Waals surface area contributed by atoms with E-state index >= 15 is 0 Å². The number of nitrogens with two attached hydrogens (primary N) is 1. The van der Waals surface area contributed by atoms with Crippen molar-refractivity contribution < 1.29 is 0 Å². The number of allylic oxidation sites excluding steroid dienone is 2. The van der Waals surface area contributed by atoms with E-state index in [0.717, 1.165) is 10.6 Å². The molecule has 0 fully saturated rings. The van der Waals surface area contributed by atoms with Gasteiger partial charge in [-0.3, -0.25) is 0 Å². The minimum Gasteiger partial charge on any atom is -0.324 e. The summed E-state index contributed by atoms with van der Waals surface area (Å²) in [4.78, 5) is 0. The third kappa shape index (κ3) is 3.11. The maximum Gasteiger partial charge on any atom is 0.0459 e. The first-order valence-corrected chi connectivity index (χ1v) is 6.80. The van der Waals surface area contributed by atoms with Gasteiger partial charge in [-0.1, -0.05) is 36.2 Å². The molecule has 1 atom stereocenters. The van der Waals surface area contributed by atoms with E-state index in [1.165, 1.54) is 43.2 Å². The molecule has 1 aliphatic carbocycles. The summed E-state index contributed by atoms with van der Waals surface area (Å²) >= 11 is 6.28. The van der Waals surface area contributed by atoms with E-state index in [2.05, 4.69) is 24.3 Å². The maximum absolute atomic E-state index is 6.28. The molecule has 0 heterocycles. The summed E-state index contributed by atoms with van der Waals surface area (Å²) in [5.74, 6) is 0. The van der Waals surface area contributed by atoms with Crippen LogP contribution in [0.5, 0.6) is 0 Å². The van der Waals surface area contributed by atoms with Crippen LogP contribution in [0, 0.1) is 0 Å². The van der Waals surface area contributed by atoms with Crippen LogP contribution in [0.4, 0.5) is 0 Å². The van der Waals surface area contributed by atoms with Crippen LogP contribution in [-0.4, -0.2) is 0 Å². The van der Waals surface area contributed by atoms with Gasteiger partial charge >= 0.3 is 0 Å². The smallest absolute Gasteiger partial charge is 0.0459 e. The Labute approximate surface area is 109 Å². The van der Waals surface area contributed by atoms with E-state index in [-0.39, 0.29) is 6.04 Å². The lowest BCUT2D eigenvalue weighted by Crippen LogP contribution is -2.05. The first-order valence-electron chi connectivity index (χ1n) is 6.43. The summed E-state index contributed by atoms with van der Waals surface area (Å²) in [6, 6.07) is 6.28. The van der Waals surface area contributed by atoms with Crippen molar-refractivity contribution in [2.24, 2.45) is 5.73 Å². The van der Waals surface area contributed by atoms with Crippen molar-refractivity contribution in [2.45, 2.75) is 45.1 Å². The lowest BCUT2D eigenvalue weighted by molar-refractivity contribution is 0.720. The second kappa shape index (κ2) is 5.70. The van der Waals surface area contributed by atoms with E-state index in [9.17, 15) is 0 Å². The van der Waals surface area contributed by atoms with Crippen LogP contribution >= 0.6 is 11.6 Å². The Balaban J connectivity index is 2.27. The number of hydrogen-bond donors (Lipinski definition) is 1. The van der Waals surface area contributed by atoms with Crippen molar-refractivity contribution in [3.8, 4) is 0 Å². The normalized spacial score (nSPS) is 18.4. The van der Waals surface area contributed by atoms with Gasteiger partial charge in [0.1, 0.15) is 0 Å². The Morgan fingerprint density at radius 2 is 2.06 bits per heavy atom. The van der Waals surface area contributed by atoms with Crippen molar-refractivity contribution >= 4 is 17.2 Å². The summed E-state index contributed by atoms with van der Waals surface area (Å²) in [5, 5.41) is 0.794. The van der Waals surface area contributed by atoms with Crippen LogP contribution < -0.4 is 5.73 Å². The van der Waals surface area contributed by atoms with E-state index < -0.39 is 0 Å². The molecule has 2 N–H and O–H groups in total. The second-order valence-corrected chi connectivity index (χ2v) is 5.26. The number of hydrogen-bond acceptors (Lipinski definition) is 1. The Morgan fingerprint density at radius 3 is 2.76 bits per heavy atom. The highest BCUT2D eigenvalue weighted by Gasteiger charge is 2.09. The molecule has 1 aliphatic rings. The molecule has 1 nitrogen and oxygen atoms in total. The van der Waals surface area contributed by atoms with Crippen LogP contribution in [0.3, 0.4) is 0 Å². The average molecular weight is 250 g/mol. The number of halogens is 1. The van der Waals surface area contributed by atoms with Crippen LogP contribution in [0.1, 0.15) is 56.2 Å². The maximum atomic E-state index is 6.28. The van der Waals surface area contributed by atoms with Gasteiger partial charge in [-0.15, -0.1) is 0 Å².